The number of hydrogen-bond donors (Lipinski definition) is 1. The Morgan fingerprint density at radius 1 is 1.27 bits per heavy atom. The number of nitrogens with one attached hydrogen (secondary N) is 1. The van der Waals surface area contributed by atoms with Crippen LogP contribution >= 0.6 is 11.8 Å². The van der Waals surface area contributed by atoms with E-state index in [1.807, 2.05) is 20.8 Å². The van der Waals surface area contributed by atoms with E-state index in [2.05, 4.69) is 5.32 Å². The molecule has 0 bridgehead atoms. The van der Waals surface area contributed by atoms with E-state index in [0.717, 1.165) is 6.42 Å². The van der Waals surface area contributed by atoms with Crippen LogP contribution in [-0.4, -0.2) is 29.8 Å². The van der Waals surface area contributed by atoms with Gasteiger partial charge in [-0.2, -0.15) is 8.78 Å². The lowest BCUT2D eigenvalue weighted by Crippen LogP contribution is -2.44. The maximum absolute atomic E-state index is 12.2. The van der Waals surface area contributed by atoms with Gasteiger partial charge in [-0.1, -0.05) is 18.7 Å². The number of carbonyl (C=O) groups excluding carboxylic acids is 2. The fourth-order valence-corrected chi connectivity index (χ4v) is 1.99. The zero-order valence-electron chi connectivity index (χ0n) is 12.7. The summed E-state index contributed by atoms with van der Waals surface area (Å²) in [5.74, 6) is -3.56. The summed E-state index contributed by atoms with van der Waals surface area (Å²) < 4.78 is 29.3. The maximum atomic E-state index is 12.2. The number of carbonyl (C=O) groups is 2. The highest BCUT2D eigenvalue weighted by molar-refractivity contribution is 7.99. The van der Waals surface area contributed by atoms with E-state index in [1.54, 1.807) is 0 Å². The number of rotatable bonds is 7. The van der Waals surface area contributed by atoms with Crippen molar-refractivity contribution < 1.29 is 23.1 Å². The second kappa shape index (κ2) is 8.12. The van der Waals surface area contributed by atoms with Crippen LogP contribution in [0.1, 0.15) is 37.6 Å². The van der Waals surface area contributed by atoms with Gasteiger partial charge in [0.05, 0.1) is 5.56 Å². The fraction of sp³-hybridized carbons (Fsp3) is 0.467. The molecule has 4 nitrogen and oxygen atoms in total. The topological polar surface area (TPSA) is 55.4 Å². The van der Waals surface area contributed by atoms with Crippen LogP contribution in [0.4, 0.5) is 8.78 Å². The van der Waals surface area contributed by atoms with Gasteiger partial charge in [-0.3, -0.25) is 4.79 Å². The molecule has 0 saturated carbocycles. The fourth-order valence-electron chi connectivity index (χ4n) is 1.49. The van der Waals surface area contributed by atoms with Gasteiger partial charge in [0, 0.05) is 10.4 Å². The van der Waals surface area contributed by atoms with Crippen molar-refractivity contribution in [1.82, 2.24) is 5.32 Å². The Balaban J connectivity index is 2.50. The van der Waals surface area contributed by atoms with Gasteiger partial charge in [0.1, 0.15) is 0 Å². The van der Waals surface area contributed by atoms with Gasteiger partial charge in [-0.15, -0.1) is 0 Å². The van der Waals surface area contributed by atoms with Crippen molar-refractivity contribution in [2.24, 2.45) is 0 Å². The lowest BCUT2D eigenvalue weighted by atomic mass is 10.0. The average molecular weight is 331 g/mol. The largest absolute Gasteiger partial charge is 0.452 e. The molecule has 122 valence electrons. The van der Waals surface area contributed by atoms with Crippen molar-refractivity contribution in [3.63, 3.8) is 0 Å². The van der Waals surface area contributed by atoms with Crippen LogP contribution in [0.15, 0.2) is 29.2 Å². The Morgan fingerprint density at radius 2 is 1.86 bits per heavy atom. The monoisotopic (exact) mass is 331 g/mol. The van der Waals surface area contributed by atoms with Gasteiger partial charge in [-0.25, -0.2) is 4.79 Å². The summed E-state index contributed by atoms with van der Waals surface area (Å²) >= 11 is 0.396. The molecule has 22 heavy (non-hydrogen) atoms. The van der Waals surface area contributed by atoms with Crippen LogP contribution in [0.25, 0.3) is 0 Å². The van der Waals surface area contributed by atoms with Gasteiger partial charge in [0.2, 0.25) is 0 Å². The number of thioether (sulfide) groups is 1. The lowest BCUT2D eigenvalue weighted by molar-refractivity contribution is -0.125. The maximum Gasteiger partial charge on any atom is 0.338 e. The smallest absolute Gasteiger partial charge is 0.338 e. The standard InChI is InChI=1S/C15H19F2NO3S/c1-4-15(2,3)18-12(19)9-21-13(20)10-5-7-11(8-6-10)22-14(16)17/h5-8,14H,4,9H2,1-3H3,(H,18,19). The van der Waals surface area contributed by atoms with E-state index >= 15 is 0 Å². The highest BCUT2D eigenvalue weighted by atomic mass is 32.2. The molecule has 0 aromatic heterocycles. The third-order valence-corrected chi connectivity index (χ3v) is 3.73. The first-order valence-electron chi connectivity index (χ1n) is 6.76. The van der Waals surface area contributed by atoms with Crippen LogP contribution in [0.3, 0.4) is 0 Å². The Labute approximate surface area is 132 Å². The normalized spacial score (nSPS) is 11.4. The van der Waals surface area contributed by atoms with Crippen LogP contribution in [0.5, 0.6) is 0 Å². The number of alkyl halides is 2. The van der Waals surface area contributed by atoms with Gasteiger partial charge < -0.3 is 10.1 Å². The third-order valence-electron chi connectivity index (χ3n) is 3.01. The molecule has 0 fully saturated rings. The minimum absolute atomic E-state index is 0.209. The molecule has 1 aromatic rings. The first-order valence-corrected chi connectivity index (χ1v) is 7.64. The summed E-state index contributed by atoms with van der Waals surface area (Å²) in [7, 11) is 0. The molecule has 0 spiro atoms. The molecule has 0 radical (unpaired) electrons. The average Bonchev–Trinajstić information content (AvgIpc) is 2.44. The molecule has 1 rings (SSSR count). The van der Waals surface area contributed by atoms with E-state index in [9.17, 15) is 18.4 Å². The molecular weight excluding hydrogens is 312 g/mol. The first kappa shape index (κ1) is 18.4. The van der Waals surface area contributed by atoms with Crippen molar-refractivity contribution in [3.05, 3.63) is 29.8 Å². The molecule has 0 aliphatic heterocycles. The van der Waals surface area contributed by atoms with Crippen LogP contribution < -0.4 is 5.32 Å². The Hall–Kier alpha value is -1.63. The van der Waals surface area contributed by atoms with Crippen LogP contribution in [-0.2, 0) is 9.53 Å². The quantitative estimate of drug-likeness (QED) is 0.614. The van der Waals surface area contributed by atoms with Crippen molar-refractivity contribution in [1.29, 1.82) is 0 Å². The predicted octanol–water partition coefficient (Wildman–Crippen LogP) is 3.46. The Kier molecular flexibility index (Phi) is 6.80. The predicted molar refractivity (Wildman–Crippen MR) is 81.1 cm³/mol. The summed E-state index contributed by atoms with van der Waals surface area (Å²) in [5.41, 5.74) is -0.154. The second-order valence-corrected chi connectivity index (χ2v) is 6.33. The third kappa shape index (κ3) is 6.43. The molecule has 0 heterocycles. The number of hydrogen-bond acceptors (Lipinski definition) is 4. The van der Waals surface area contributed by atoms with E-state index in [0.29, 0.717) is 16.7 Å². The number of esters is 1. The molecule has 1 aromatic carbocycles. The number of benzene rings is 1. The zero-order valence-corrected chi connectivity index (χ0v) is 13.5. The minimum Gasteiger partial charge on any atom is -0.452 e. The SMILES string of the molecule is CCC(C)(C)NC(=O)COC(=O)c1ccc(SC(F)F)cc1. The molecule has 1 amide bonds. The summed E-state index contributed by atoms with van der Waals surface area (Å²) in [6, 6.07) is 5.60. The van der Waals surface area contributed by atoms with E-state index in [-0.39, 0.29) is 23.6 Å². The number of halogens is 2. The van der Waals surface area contributed by atoms with Gasteiger partial charge >= 0.3 is 5.97 Å². The van der Waals surface area contributed by atoms with Crippen molar-refractivity contribution in [2.45, 2.75) is 43.4 Å². The molecular formula is C15H19F2NO3S. The number of amides is 1. The lowest BCUT2D eigenvalue weighted by Gasteiger charge is -2.24. The minimum atomic E-state index is -2.51. The molecule has 0 aliphatic rings. The summed E-state index contributed by atoms with van der Waals surface area (Å²) in [6.07, 6.45) is 0.746. The van der Waals surface area contributed by atoms with Crippen molar-refractivity contribution in [2.75, 3.05) is 6.61 Å². The van der Waals surface area contributed by atoms with E-state index in [1.165, 1.54) is 24.3 Å². The summed E-state index contributed by atoms with van der Waals surface area (Å²) in [5, 5.41) is 2.74. The van der Waals surface area contributed by atoms with E-state index in [4.69, 9.17) is 4.74 Å². The zero-order chi connectivity index (χ0) is 16.8. The summed E-state index contributed by atoms with van der Waals surface area (Å²) in [6.45, 7) is 5.29. The molecule has 0 unspecified atom stereocenters. The molecule has 0 saturated heterocycles. The molecule has 0 atom stereocenters. The van der Waals surface area contributed by atoms with Gasteiger partial charge in [0.15, 0.2) is 6.61 Å². The Morgan fingerprint density at radius 3 is 2.36 bits per heavy atom. The highest BCUT2D eigenvalue weighted by Crippen LogP contribution is 2.25. The second-order valence-electron chi connectivity index (χ2n) is 5.26. The van der Waals surface area contributed by atoms with Crippen LogP contribution in [0.2, 0.25) is 0 Å². The Bertz CT molecular complexity index is 518. The summed E-state index contributed by atoms with van der Waals surface area (Å²) in [4.78, 5) is 23.8. The first-order chi connectivity index (χ1) is 10.2. The number of ether oxygens (including phenoxy) is 1. The molecule has 1 N–H and O–H groups in total. The highest BCUT2D eigenvalue weighted by Gasteiger charge is 2.19. The van der Waals surface area contributed by atoms with Crippen LogP contribution in [0, 0.1) is 0 Å². The van der Waals surface area contributed by atoms with Crippen molar-refractivity contribution in [3.8, 4) is 0 Å². The molecule has 7 heteroatoms. The molecule has 0 aliphatic carbocycles. The van der Waals surface area contributed by atoms with Crippen molar-refractivity contribution >= 4 is 23.6 Å². The van der Waals surface area contributed by atoms with Gasteiger partial charge in [0.25, 0.3) is 11.7 Å². The van der Waals surface area contributed by atoms with Gasteiger partial charge in [-0.05, 0) is 44.5 Å². The van der Waals surface area contributed by atoms with E-state index < -0.39 is 11.7 Å².